The Bertz CT molecular complexity index is 429. The fourth-order valence-corrected chi connectivity index (χ4v) is 0.891. The number of hydrogen-bond acceptors (Lipinski definition) is 6. The van der Waals surface area contributed by atoms with E-state index in [-0.39, 0.29) is 5.75 Å². The molecule has 0 aliphatic rings. The number of carbonyl (C=O) groups is 2. The lowest BCUT2D eigenvalue weighted by atomic mass is 10.3. The minimum atomic E-state index is -0.541. The molecule has 0 spiro atoms. The second-order valence-corrected chi connectivity index (χ2v) is 2.80. The van der Waals surface area contributed by atoms with Crippen molar-refractivity contribution in [1.29, 1.82) is 0 Å². The van der Waals surface area contributed by atoms with E-state index in [1.807, 2.05) is 0 Å². The van der Waals surface area contributed by atoms with Crippen LogP contribution in [0.25, 0.3) is 0 Å². The smallest absolute Gasteiger partial charge is 0.331 e. The molecule has 6 heteroatoms. The zero-order valence-electron chi connectivity index (χ0n) is 8.84. The third-order valence-electron chi connectivity index (χ3n) is 1.41. The van der Waals surface area contributed by atoms with Gasteiger partial charge in [0.25, 0.3) is 0 Å². The van der Waals surface area contributed by atoms with Gasteiger partial charge in [-0.15, -0.1) is 0 Å². The molecule has 0 aromatic carbocycles. The molecule has 1 aromatic rings. The molecule has 1 heterocycles. The molecule has 0 fully saturated rings. The molecule has 0 amide bonds. The van der Waals surface area contributed by atoms with Gasteiger partial charge in [0, 0.05) is 20.0 Å². The topological polar surface area (TPSA) is 77.8 Å². The number of hydrogen-bond donors (Lipinski definition) is 0. The highest BCUT2D eigenvalue weighted by Gasteiger charge is 2.04. The second-order valence-electron chi connectivity index (χ2n) is 2.80. The van der Waals surface area contributed by atoms with Crippen molar-refractivity contribution in [2.24, 2.45) is 5.16 Å². The lowest BCUT2D eigenvalue weighted by molar-refractivity contribution is -0.141. The first-order valence-corrected chi connectivity index (χ1v) is 4.44. The first-order valence-electron chi connectivity index (χ1n) is 4.44. The Hall–Kier alpha value is -2.24. The number of pyridine rings is 1. The maximum atomic E-state index is 10.8. The third-order valence-corrected chi connectivity index (χ3v) is 1.41. The molecule has 0 atom stereocenters. The summed E-state index contributed by atoms with van der Waals surface area (Å²) < 4.78 is 4.87. The summed E-state index contributed by atoms with van der Waals surface area (Å²) in [5, 5.41) is 3.38. The lowest BCUT2D eigenvalue weighted by Crippen LogP contribution is -2.05. The predicted molar refractivity (Wildman–Crippen MR) is 54.9 cm³/mol. The Kier molecular flexibility index (Phi) is 4.14. The zero-order chi connectivity index (χ0) is 12.0. The van der Waals surface area contributed by atoms with Gasteiger partial charge in [-0.1, -0.05) is 5.16 Å². The van der Waals surface area contributed by atoms with E-state index < -0.39 is 11.9 Å². The Morgan fingerprint density at radius 2 is 2.12 bits per heavy atom. The SMILES string of the molecule is CC(=O)O/N=C/c1ncccc1OC(C)=O. The maximum absolute atomic E-state index is 10.8. The number of nitrogens with zero attached hydrogens (tertiary/aromatic N) is 2. The van der Waals surface area contributed by atoms with Gasteiger partial charge in [0.2, 0.25) is 0 Å². The molecule has 0 saturated carbocycles. The van der Waals surface area contributed by atoms with Crippen molar-refractivity contribution in [1.82, 2.24) is 4.98 Å². The second kappa shape index (κ2) is 5.59. The van der Waals surface area contributed by atoms with Crippen molar-refractivity contribution < 1.29 is 19.2 Å². The van der Waals surface area contributed by atoms with Gasteiger partial charge in [0.05, 0.1) is 6.21 Å². The van der Waals surface area contributed by atoms with E-state index in [1.54, 1.807) is 12.1 Å². The number of esters is 1. The highest BCUT2D eigenvalue weighted by Crippen LogP contribution is 2.13. The minimum absolute atomic E-state index is 0.255. The molecule has 84 valence electrons. The van der Waals surface area contributed by atoms with Crippen LogP contribution in [0.1, 0.15) is 19.5 Å². The molecule has 0 radical (unpaired) electrons. The van der Waals surface area contributed by atoms with E-state index in [4.69, 9.17) is 4.74 Å². The molecule has 16 heavy (non-hydrogen) atoms. The zero-order valence-corrected chi connectivity index (χ0v) is 8.84. The van der Waals surface area contributed by atoms with Crippen LogP contribution in [0.3, 0.4) is 0 Å². The molecule has 1 aromatic heterocycles. The molecule has 0 unspecified atom stereocenters. The standard InChI is InChI=1S/C10H10N2O4/c1-7(13)15-10-4-3-5-11-9(10)6-12-16-8(2)14/h3-6H,1-2H3/b12-6+. The van der Waals surface area contributed by atoms with Crippen LogP contribution in [0.4, 0.5) is 0 Å². The van der Waals surface area contributed by atoms with Gasteiger partial charge >= 0.3 is 11.9 Å². The van der Waals surface area contributed by atoms with Crippen molar-refractivity contribution in [3.05, 3.63) is 24.0 Å². The van der Waals surface area contributed by atoms with Crippen LogP contribution in [-0.2, 0) is 14.4 Å². The van der Waals surface area contributed by atoms with Crippen LogP contribution in [0, 0.1) is 0 Å². The maximum Gasteiger partial charge on any atom is 0.331 e. The molecule has 0 aliphatic heterocycles. The molecular formula is C10H10N2O4. The van der Waals surface area contributed by atoms with Crippen LogP contribution in [-0.4, -0.2) is 23.1 Å². The summed E-state index contributed by atoms with van der Waals surface area (Å²) in [5.74, 6) is -0.748. The van der Waals surface area contributed by atoms with E-state index in [0.29, 0.717) is 5.69 Å². The Morgan fingerprint density at radius 1 is 1.38 bits per heavy atom. The van der Waals surface area contributed by atoms with Gasteiger partial charge in [-0.05, 0) is 12.1 Å². The molecule has 0 N–H and O–H groups in total. The summed E-state index contributed by atoms with van der Waals surface area (Å²) in [6.07, 6.45) is 2.70. The van der Waals surface area contributed by atoms with E-state index >= 15 is 0 Å². The van der Waals surface area contributed by atoms with Gasteiger partial charge in [-0.3, -0.25) is 9.78 Å². The summed E-state index contributed by atoms with van der Waals surface area (Å²) in [6.45, 7) is 2.50. The Labute approximate surface area is 91.9 Å². The molecule has 0 bridgehead atoms. The number of ether oxygens (including phenoxy) is 1. The first-order chi connectivity index (χ1) is 7.59. The molecule has 0 aliphatic carbocycles. The minimum Gasteiger partial charge on any atom is -0.424 e. The largest absolute Gasteiger partial charge is 0.424 e. The Balaban J connectivity index is 2.82. The Morgan fingerprint density at radius 3 is 2.75 bits per heavy atom. The van der Waals surface area contributed by atoms with E-state index in [1.165, 1.54) is 26.3 Å². The van der Waals surface area contributed by atoms with Crippen molar-refractivity contribution in [3.63, 3.8) is 0 Å². The summed E-state index contributed by atoms with van der Waals surface area (Å²) in [4.78, 5) is 29.5. The van der Waals surface area contributed by atoms with Gasteiger partial charge in [-0.25, -0.2) is 4.79 Å². The van der Waals surface area contributed by atoms with Crippen LogP contribution in [0.5, 0.6) is 5.75 Å². The highest BCUT2D eigenvalue weighted by molar-refractivity contribution is 5.83. The summed E-state index contributed by atoms with van der Waals surface area (Å²) in [7, 11) is 0. The average molecular weight is 222 g/mol. The average Bonchev–Trinajstić information content (AvgIpc) is 2.19. The number of carbonyl (C=O) groups excluding carboxylic acids is 2. The number of rotatable bonds is 3. The predicted octanol–water partition coefficient (Wildman–Crippen LogP) is 0.904. The quantitative estimate of drug-likeness (QED) is 0.328. The van der Waals surface area contributed by atoms with Crippen molar-refractivity contribution in [3.8, 4) is 5.75 Å². The van der Waals surface area contributed by atoms with Crippen LogP contribution in [0.15, 0.2) is 23.5 Å². The van der Waals surface area contributed by atoms with E-state index in [9.17, 15) is 9.59 Å². The first kappa shape index (κ1) is 11.8. The van der Waals surface area contributed by atoms with E-state index in [0.717, 1.165) is 0 Å². The highest BCUT2D eigenvalue weighted by atomic mass is 16.7. The molecular weight excluding hydrogens is 212 g/mol. The summed E-state index contributed by atoms with van der Waals surface area (Å²) in [6, 6.07) is 3.17. The fraction of sp³-hybridized carbons (Fsp3) is 0.200. The number of oxime groups is 1. The summed E-state index contributed by atoms with van der Waals surface area (Å²) in [5.41, 5.74) is 0.305. The third kappa shape index (κ3) is 3.87. The van der Waals surface area contributed by atoms with Crippen molar-refractivity contribution in [2.75, 3.05) is 0 Å². The van der Waals surface area contributed by atoms with E-state index in [2.05, 4.69) is 15.0 Å². The van der Waals surface area contributed by atoms with Gasteiger partial charge in [-0.2, -0.15) is 0 Å². The van der Waals surface area contributed by atoms with Crippen LogP contribution in [0.2, 0.25) is 0 Å². The molecule has 1 rings (SSSR count). The monoisotopic (exact) mass is 222 g/mol. The van der Waals surface area contributed by atoms with Crippen molar-refractivity contribution >= 4 is 18.2 Å². The van der Waals surface area contributed by atoms with Gasteiger partial charge in [0.15, 0.2) is 5.75 Å². The molecule has 0 saturated heterocycles. The normalized spacial score (nSPS) is 10.1. The fourth-order valence-electron chi connectivity index (χ4n) is 0.891. The van der Waals surface area contributed by atoms with Gasteiger partial charge in [0.1, 0.15) is 5.69 Å². The van der Waals surface area contributed by atoms with Crippen molar-refractivity contribution in [2.45, 2.75) is 13.8 Å². The summed E-state index contributed by atoms with van der Waals surface area (Å²) >= 11 is 0. The number of aromatic nitrogens is 1. The lowest BCUT2D eigenvalue weighted by Gasteiger charge is -2.02. The van der Waals surface area contributed by atoms with Gasteiger partial charge < -0.3 is 9.57 Å². The molecule has 6 nitrogen and oxygen atoms in total. The van der Waals surface area contributed by atoms with Crippen LogP contribution >= 0.6 is 0 Å². The van der Waals surface area contributed by atoms with Crippen LogP contribution < -0.4 is 4.74 Å².